The zero-order chi connectivity index (χ0) is 19.0. The van der Waals surface area contributed by atoms with Crippen LogP contribution in [0, 0.1) is 5.92 Å². The number of rotatable bonds is 8. The largest absolute Gasteiger partial charge is 0.465 e. The third-order valence-corrected chi connectivity index (χ3v) is 3.19. The highest BCUT2D eigenvalue weighted by molar-refractivity contribution is 6.16. The molecule has 8 nitrogen and oxygen atoms in total. The highest BCUT2D eigenvalue weighted by Gasteiger charge is 2.43. The van der Waals surface area contributed by atoms with Gasteiger partial charge in [-0.2, -0.15) is 0 Å². The van der Waals surface area contributed by atoms with Crippen LogP contribution in [0.2, 0.25) is 0 Å². The van der Waals surface area contributed by atoms with Crippen LogP contribution in [0.5, 0.6) is 0 Å². The van der Waals surface area contributed by atoms with Crippen LogP contribution in [0.4, 0.5) is 0 Å². The zero-order valence-electron chi connectivity index (χ0n) is 14.7. The van der Waals surface area contributed by atoms with E-state index in [1.54, 1.807) is 27.7 Å². The summed E-state index contributed by atoms with van der Waals surface area (Å²) in [5, 5.41) is 0. The highest BCUT2D eigenvalue weighted by Crippen LogP contribution is 2.35. The molecular formula is C17H22O8. The molecule has 0 aromatic heterocycles. The molecule has 0 N–H and O–H groups in total. The lowest BCUT2D eigenvalue weighted by molar-refractivity contribution is -0.148. The van der Waals surface area contributed by atoms with Crippen LogP contribution in [0.1, 0.15) is 27.7 Å². The van der Waals surface area contributed by atoms with Crippen molar-refractivity contribution in [2.24, 2.45) is 5.92 Å². The SMILES string of the molecule is CCOC(=O)C1=CC(C(=O)OCC)C(C(=O)OCC)=C1C(=O)OCC. The van der Waals surface area contributed by atoms with E-state index in [9.17, 15) is 19.2 Å². The molecule has 25 heavy (non-hydrogen) atoms. The number of esters is 4. The molecular weight excluding hydrogens is 332 g/mol. The van der Waals surface area contributed by atoms with Gasteiger partial charge in [0.2, 0.25) is 0 Å². The van der Waals surface area contributed by atoms with Crippen LogP contribution >= 0.6 is 0 Å². The fraction of sp³-hybridized carbons (Fsp3) is 0.529. The molecule has 0 heterocycles. The molecule has 1 atom stereocenters. The summed E-state index contributed by atoms with van der Waals surface area (Å²) in [7, 11) is 0. The average Bonchev–Trinajstić information content (AvgIpc) is 2.96. The van der Waals surface area contributed by atoms with Crippen LogP contribution in [-0.2, 0) is 38.1 Å². The lowest BCUT2D eigenvalue weighted by atomic mass is 10.00. The van der Waals surface area contributed by atoms with Crippen molar-refractivity contribution in [3.63, 3.8) is 0 Å². The molecule has 0 fully saturated rings. The van der Waals surface area contributed by atoms with E-state index in [0.29, 0.717) is 0 Å². The Morgan fingerprint density at radius 1 is 0.760 bits per heavy atom. The Kier molecular flexibility index (Phi) is 7.84. The molecule has 1 aliphatic carbocycles. The van der Waals surface area contributed by atoms with Gasteiger partial charge in [0.15, 0.2) is 0 Å². The van der Waals surface area contributed by atoms with Crippen LogP contribution < -0.4 is 0 Å². The maximum atomic E-state index is 12.3. The number of ether oxygens (including phenoxy) is 4. The quantitative estimate of drug-likeness (QED) is 0.471. The van der Waals surface area contributed by atoms with Crippen molar-refractivity contribution in [1.29, 1.82) is 0 Å². The van der Waals surface area contributed by atoms with E-state index < -0.39 is 29.8 Å². The third-order valence-electron chi connectivity index (χ3n) is 3.19. The number of hydrogen-bond donors (Lipinski definition) is 0. The summed E-state index contributed by atoms with van der Waals surface area (Å²) >= 11 is 0. The van der Waals surface area contributed by atoms with Gasteiger partial charge in [-0.3, -0.25) is 4.79 Å². The normalized spacial score (nSPS) is 16.2. The van der Waals surface area contributed by atoms with E-state index in [4.69, 9.17) is 18.9 Å². The maximum Gasteiger partial charge on any atom is 0.339 e. The molecule has 8 heteroatoms. The molecule has 0 saturated heterocycles. The third kappa shape index (κ3) is 4.68. The summed E-state index contributed by atoms with van der Waals surface area (Å²) in [6, 6.07) is 0. The minimum Gasteiger partial charge on any atom is -0.465 e. The van der Waals surface area contributed by atoms with Gasteiger partial charge in [-0.1, -0.05) is 6.08 Å². The number of carbonyl (C=O) groups excluding carboxylic acids is 4. The van der Waals surface area contributed by atoms with Crippen molar-refractivity contribution in [3.05, 3.63) is 22.8 Å². The predicted molar refractivity (Wildman–Crippen MR) is 85.1 cm³/mol. The van der Waals surface area contributed by atoms with E-state index in [-0.39, 0.29) is 43.1 Å². The van der Waals surface area contributed by atoms with Crippen molar-refractivity contribution >= 4 is 23.9 Å². The smallest absolute Gasteiger partial charge is 0.339 e. The first-order chi connectivity index (χ1) is 11.9. The Balaban J connectivity index is 3.49. The fourth-order valence-corrected chi connectivity index (χ4v) is 2.29. The molecule has 0 bridgehead atoms. The number of carbonyl (C=O) groups is 4. The van der Waals surface area contributed by atoms with Gasteiger partial charge in [0.05, 0.1) is 43.1 Å². The first-order valence-electron chi connectivity index (χ1n) is 8.07. The molecule has 0 amide bonds. The minimum absolute atomic E-state index is 0.0264. The lowest BCUT2D eigenvalue weighted by Crippen LogP contribution is -2.24. The van der Waals surface area contributed by atoms with Gasteiger partial charge in [0, 0.05) is 0 Å². The monoisotopic (exact) mass is 354 g/mol. The highest BCUT2D eigenvalue weighted by atomic mass is 16.5. The van der Waals surface area contributed by atoms with Gasteiger partial charge in [-0.25, -0.2) is 14.4 Å². The predicted octanol–water partition coefficient (Wildman–Crippen LogP) is 1.09. The Bertz CT molecular complexity index is 614. The van der Waals surface area contributed by atoms with E-state index in [1.807, 2.05) is 0 Å². The Morgan fingerprint density at radius 2 is 1.24 bits per heavy atom. The standard InChI is InChI=1S/C17H22O8/c1-5-22-14(18)10-9-11(15(19)23-6-2)13(17(21)25-8-4)12(10)16(20)24-7-3/h9-10H,5-8H2,1-4H3. The lowest BCUT2D eigenvalue weighted by Gasteiger charge is -2.13. The molecule has 0 aliphatic heterocycles. The maximum absolute atomic E-state index is 12.3. The van der Waals surface area contributed by atoms with Crippen LogP contribution in [0.15, 0.2) is 22.8 Å². The fourth-order valence-electron chi connectivity index (χ4n) is 2.29. The van der Waals surface area contributed by atoms with E-state index in [1.165, 1.54) is 6.08 Å². The first kappa shape index (κ1) is 20.4. The van der Waals surface area contributed by atoms with Crippen molar-refractivity contribution in [3.8, 4) is 0 Å². The zero-order valence-corrected chi connectivity index (χ0v) is 14.7. The van der Waals surface area contributed by atoms with Crippen molar-refractivity contribution < 1.29 is 38.1 Å². The van der Waals surface area contributed by atoms with Crippen LogP contribution in [-0.4, -0.2) is 50.3 Å². The average molecular weight is 354 g/mol. The molecule has 138 valence electrons. The Labute approximate surface area is 145 Å². The summed E-state index contributed by atoms with van der Waals surface area (Å²) in [6.45, 7) is 6.54. The summed E-state index contributed by atoms with van der Waals surface area (Å²) in [5.74, 6) is -4.64. The summed E-state index contributed by atoms with van der Waals surface area (Å²) in [5.41, 5.74) is -0.806. The molecule has 0 spiro atoms. The molecule has 0 radical (unpaired) electrons. The summed E-state index contributed by atoms with van der Waals surface area (Å²) in [4.78, 5) is 49.0. The summed E-state index contributed by atoms with van der Waals surface area (Å²) < 4.78 is 19.7. The van der Waals surface area contributed by atoms with Crippen molar-refractivity contribution in [1.82, 2.24) is 0 Å². The van der Waals surface area contributed by atoms with Gasteiger partial charge in [-0.05, 0) is 27.7 Å². The van der Waals surface area contributed by atoms with Gasteiger partial charge >= 0.3 is 23.9 Å². The van der Waals surface area contributed by atoms with Crippen LogP contribution in [0.3, 0.4) is 0 Å². The topological polar surface area (TPSA) is 105 Å². The van der Waals surface area contributed by atoms with Gasteiger partial charge in [-0.15, -0.1) is 0 Å². The second-order valence-electron chi connectivity index (χ2n) is 4.76. The second-order valence-corrected chi connectivity index (χ2v) is 4.76. The molecule has 0 aromatic rings. The number of hydrogen-bond acceptors (Lipinski definition) is 8. The molecule has 1 unspecified atom stereocenters. The first-order valence-corrected chi connectivity index (χ1v) is 8.07. The Morgan fingerprint density at radius 3 is 1.76 bits per heavy atom. The van der Waals surface area contributed by atoms with Gasteiger partial charge < -0.3 is 18.9 Å². The molecule has 0 saturated carbocycles. The summed E-state index contributed by atoms with van der Waals surface area (Å²) in [6.07, 6.45) is 1.18. The second kappa shape index (κ2) is 9.61. The van der Waals surface area contributed by atoms with Crippen LogP contribution in [0.25, 0.3) is 0 Å². The van der Waals surface area contributed by atoms with Gasteiger partial charge in [0.1, 0.15) is 5.92 Å². The molecule has 1 rings (SSSR count). The van der Waals surface area contributed by atoms with Crippen molar-refractivity contribution in [2.45, 2.75) is 27.7 Å². The molecule has 0 aromatic carbocycles. The van der Waals surface area contributed by atoms with E-state index >= 15 is 0 Å². The molecule has 1 aliphatic rings. The van der Waals surface area contributed by atoms with Gasteiger partial charge in [0.25, 0.3) is 0 Å². The van der Waals surface area contributed by atoms with Crippen molar-refractivity contribution in [2.75, 3.05) is 26.4 Å². The van der Waals surface area contributed by atoms with E-state index in [0.717, 1.165) is 0 Å². The minimum atomic E-state index is -1.24. The van der Waals surface area contributed by atoms with E-state index in [2.05, 4.69) is 0 Å². The Hall–Kier alpha value is -2.64.